The van der Waals surface area contributed by atoms with Gasteiger partial charge in [-0.15, -0.1) is 0 Å². The monoisotopic (exact) mass is 465 g/mol. The second kappa shape index (κ2) is 13.1. The molecule has 12 heteroatoms. The molecule has 0 spiro atoms. The molecule has 0 saturated carbocycles. The number of carboxylic acids is 1. The number of carbonyl (C=O) groups is 5. The lowest BCUT2D eigenvalue weighted by Crippen LogP contribution is -2.59. The lowest BCUT2D eigenvalue weighted by Gasteiger charge is -2.25. The van der Waals surface area contributed by atoms with Crippen molar-refractivity contribution >= 4 is 29.6 Å². The summed E-state index contributed by atoms with van der Waals surface area (Å²) in [5.41, 5.74) is 11.3. The zero-order chi connectivity index (χ0) is 25.1. The van der Waals surface area contributed by atoms with E-state index in [2.05, 4.69) is 16.0 Å². The number of amides is 4. The summed E-state index contributed by atoms with van der Waals surface area (Å²) < 4.78 is 0. The van der Waals surface area contributed by atoms with Crippen molar-refractivity contribution in [3.63, 3.8) is 0 Å². The third-order valence-corrected chi connectivity index (χ3v) is 4.72. The van der Waals surface area contributed by atoms with Crippen LogP contribution in [0.5, 0.6) is 0 Å². The largest absolute Gasteiger partial charge is 0.480 e. The quantitative estimate of drug-likeness (QED) is 0.167. The van der Waals surface area contributed by atoms with Gasteiger partial charge in [0.25, 0.3) is 0 Å². The van der Waals surface area contributed by atoms with Crippen LogP contribution in [0.25, 0.3) is 0 Å². The number of nitrogens with one attached hydrogen (secondary N) is 3. The fourth-order valence-corrected chi connectivity index (χ4v) is 2.87. The van der Waals surface area contributed by atoms with E-state index in [4.69, 9.17) is 16.6 Å². The molecule has 0 bridgehead atoms. The van der Waals surface area contributed by atoms with E-state index in [1.165, 1.54) is 0 Å². The van der Waals surface area contributed by atoms with Crippen LogP contribution in [0.1, 0.15) is 25.8 Å². The highest BCUT2D eigenvalue weighted by molar-refractivity contribution is 5.96. The molecule has 4 amide bonds. The summed E-state index contributed by atoms with van der Waals surface area (Å²) in [6, 6.07) is 3.44. The average molecular weight is 466 g/mol. The first-order valence-corrected chi connectivity index (χ1v) is 10.3. The van der Waals surface area contributed by atoms with Crippen molar-refractivity contribution in [3.8, 4) is 0 Å². The number of nitrogens with two attached hydrogens (primary N) is 2. The summed E-state index contributed by atoms with van der Waals surface area (Å²) in [7, 11) is 0. The topological polar surface area (TPSA) is 214 Å². The summed E-state index contributed by atoms with van der Waals surface area (Å²) in [5, 5.41) is 25.5. The van der Waals surface area contributed by atoms with Gasteiger partial charge in [-0.1, -0.05) is 44.2 Å². The van der Waals surface area contributed by atoms with Gasteiger partial charge in [-0.2, -0.15) is 0 Å². The van der Waals surface area contributed by atoms with E-state index >= 15 is 0 Å². The molecule has 0 aliphatic rings. The molecule has 0 heterocycles. The molecule has 0 saturated heterocycles. The molecule has 4 unspecified atom stereocenters. The molecule has 182 valence electrons. The van der Waals surface area contributed by atoms with Crippen LogP contribution in [0.4, 0.5) is 0 Å². The highest BCUT2D eigenvalue weighted by Gasteiger charge is 2.32. The van der Waals surface area contributed by atoms with Crippen LogP contribution < -0.4 is 27.4 Å². The first-order valence-electron chi connectivity index (χ1n) is 10.3. The standard InChI is InChI=1S/C21H31N5O7/c1-11(2)17(21(32)33)26-20(31)14(8-12-6-4-3-5-7-12)25-19(30)15(9-16(23)28)24-18(29)13(22)10-27/h3-7,11,13-15,17,27H,8-10,22H2,1-2H3,(H2,23,28)(H,24,29)(H,25,30)(H,26,31)(H,32,33). The summed E-state index contributed by atoms with van der Waals surface area (Å²) >= 11 is 0. The van der Waals surface area contributed by atoms with Gasteiger partial charge in [0.1, 0.15) is 24.2 Å². The highest BCUT2D eigenvalue weighted by atomic mass is 16.4. The molecular formula is C21H31N5O7. The van der Waals surface area contributed by atoms with Crippen LogP contribution in [0, 0.1) is 5.92 Å². The molecule has 0 radical (unpaired) electrons. The zero-order valence-corrected chi connectivity index (χ0v) is 18.5. The molecule has 0 aliphatic heterocycles. The molecule has 0 aliphatic carbocycles. The zero-order valence-electron chi connectivity index (χ0n) is 18.5. The van der Waals surface area contributed by atoms with Gasteiger partial charge in [0.15, 0.2) is 0 Å². The van der Waals surface area contributed by atoms with E-state index in [0.29, 0.717) is 5.56 Å². The molecule has 0 aromatic heterocycles. The maximum Gasteiger partial charge on any atom is 0.326 e. The van der Waals surface area contributed by atoms with Crippen molar-refractivity contribution in [3.05, 3.63) is 35.9 Å². The Bertz CT molecular complexity index is 847. The van der Waals surface area contributed by atoms with E-state index in [9.17, 15) is 29.1 Å². The van der Waals surface area contributed by atoms with Crippen LogP contribution in [0.2, 0.25) is 0 Å². The lowest BCUT2D eigenvalue weighted by molar-refractivity contribution is -0.143. The van der Waals surface area contributed by atoms with Gasteiger partial charge in [-0.3, -0.25) is 19.2 Å². The Morgan fingerprint density at radius 3 is 1.94 bits per heavy atom. The Kier molecular flexibility index (Phi) is 11.0. The number of primary amides is 1. The number of carbonyl (C=O) groups excluding carboxylic acids is 4. The molecule has 12 nitrogen and oxygen atoms in total. The van der Waals surface area contributed by atoms with Crippen LogP contribution in [-0.2, 0) is 30.4 Å². The highest BCUT2D eigenvalue weighted by Crippen LogP contribution is 2.07. The van der Waals surface area contributed by atoms with Crippen molar-refractivity contribution in [2.24, 2.45) is 17.4 Å². The van der Waals surface area contributed by atoms with Gasteiger partial charge in [0.05, 0.1) is 13.0 Å². The SMILES string of the molecule is CC(C)C(NC(=O)C(Cc1ccccc1)NC(=O)C(CC(N)=O)NC(=O)C(N)CO)C(=O)O. The third-order valence-electron chi connectivity index (χ3n) is 4.72. The number of aliphatic carboxylic acids is 1. The molecule has 1 aromatic rings. The Labute approximate surface area is 191 Å². The summed E-state index contributed by atoms with van der Waals surface area (Å²) in [4.78, 5) is 60.7. The average Bonchev–Trinajstić information content (AvgIpc) is 2.75. The molecule has 4 atom stereocenters. The van der Waals surface area contributed by atoms with E-state index in [1.807, 2.05) is 0 Å². The summed E-state index contributed by atoms with van der Waals surface area (Å²) in [6.45, 7) is 2.54. The Balaban J connectivity index is 3.12. The van der Waals surface area contributed by atoms with Crippen LogP contribution >= 0.6 is 0 Å². The van der Waals surface area contributed by atoms with Gasteiger partial charge < -0.3 is 37.6 Å². The third kappa shape index (κ3) is 9.25. The molecule has 9 N–H and O–H groups in total. The van der Waals surface area contributed by atoms with Crippen molar-refractivity contribution in [2.75, 3.05) is 6.61 Å². The number of aliphatic hydroxyl groups excluding tert-OH is 1. The summed E-state index contributed by atoms with van der Waals surface area (Å²) in [5.74, 6) is -5.12. The molecule has 1 aromatic carbocycles. The minimum atomic E-state index is -1.46. The van der Waals surface area contributed by atoms with E-state index in [0.717, 1.165) is 0 Å². The van der Waals surface area contributed by atoms with Crippen molar-refractivity contribution < 1.29 is 34.2 Å². The predicted molar refractivity (Wildman–Crippen MR) is 117 cm³/mol. The summed E-state index contributed by atoms with van der Waals surface area (Å²) in [6.07, 6.45) is -0.574. The van der Waals surface area contributed by atoms with Crippen LogP contribution in [0.3, 0.4) is 0 Å². The Hall–Kier alpha value is -3.51. The fourth-order valence-electron chi connectivity index (χ4n) is 2.87. The molecule has 1 rings (SSSR count). The molecular weight excluding hydrogens is 434 g/mol. The number of hydrogen-bond acceptors (Lipinski definition) is 7. The van der Waals surface area contributed by atoms with Gasteiger partial charge in [0.2, 0.25) is 23.6 Å². The molecule has 0 fully saturated rings. The maximum atomic E-state index is 12.9. The van der Waals surface area contributed by atoms with Gasteiger partial charge in [0, 0.05) is 6.42 Å². The number of benzene rings is 1. The van der Waals surface area contributed by atoms with Gasteiger partial charge >= 0.3 is 5.97 Å². The van der Waals surface area contributed by atoms with E-state index in [1.54, 1.807) is 44.2 Å². The van der Waals surface area contributed by atoms with E-state index in [-0.39, 0.29) is 6.42 Å². The van der Waals surface area contributed by atoms with Gasteiger partial charge in [-0.05, 0) is 11.5 Å². The second-order valence-electron chi connectivity index (χ2n) is 7.84. The van der Waals surface area contributed by atoms with Crippen LogP contribution in [-0.4, -0.2) is 70.6 Å². The normalized spacial score (nSPS) is 14.5. The van der Waals surface area contributed by atoms with E-state index < -0.39 is 72.7 Å². The minimum Gasteiger partial charge on any atom is -0.480 e. The predicted octanol–water partition coefficient (Wildman–Crippen LogP) is -2.38. The van der Waals surface area contributed by atoms with Crippen LogP contribution in [0.15, 0.2) is 30.3 Å². The first kappa shape index (κ1) is 27.5. The first-order chi connectivity index (χ1) is 15.5. The molecule has 33 heavy (non-hydrogen) atoms. The second-order valence-corrected chi connectivity index (χ2v) is 7.84. The maximum absolute atomic E-state index is 12.9. The smallest absolute Gasteiger partial charge is 0.326 e. The van der Waals surface area contributed by atoms with Crippen molar-refractivity contribution in [2.45, 2.75) is 50.9 Å². The number of aliphatic hydroxyl groups is 1. The minimum absolute atomic E-state index is 0.0102. The lowest BCUT2D eigenvalue weighted by atomic mass is 10.0. The van der Waals surface area contributed by atoms with Gasteiger partial charge in [-0.25, -0.2) is 4.79 Å². The Morgan fingerprint density at radius 2 is 1.45 bits per heavy atom. The number of carboxylic acid groups (broad SMARTS) is 1. The van der Waals surface area contributed by atoms with Crippen molar-refractivity contribution in [1.82, 2.24) is 16.0 Å². The van der Waals surface area contributed by atoms with Crippen molar-refractivity contribution in [1.29, 1.82) is 0 Å². The number of rotatable bonds is 13. The Morgan fingerprint density at radius 1 is 0.909 bits per heavy atom. The fraction of sp³-hybridized carbons (Fsp3) is 0.476. The number of hydrogen-bond donors (Lipinski definition) is 7.